The van der Waals surface area contributed by atoms with Crippen LogP contribution in [0, 0.1) is 6.92 Å². The fraction of sp³-hybridized carbons (Fsp3) is 0.400. The second-order valence-electron chi connectivity index (χ2n) is 3.43. The summed E-state index contributed by atoms with van der Waals surface area (Å²) in [6.07, 6.45) is -2.50. The number of rotatable bonds is 4. The molecular formula is C10H13N3O3. The second kappa shape index (κ2) is 5.37. The van der Waals surface area contributed by atoms with Gasteiger partial charge in [-0.1, -0.05) is 17.2 Å². The van der Waals surface area contributed by atoms with Crippen molar-refractivity contribution >= 4 is 0 Å². The largest absolute Gasteiger partial charge is 0.508 e. The van der Waals surface area contributed by atoms with Crippen molar-refractivity contribution in [1.29, 1.82) is 0 Å². The monoisotopic (exact) mass is 223 g/mol. The molecule has 0 amide bonds. The summed E-state index contributed by atoms with van der Waals surface area (Å²) in [6.45, 7) is 1.46. The van der Waals surface area contributed by atoms with E-state index in [2.05, 4.69) is 10.0 Å². The van der Waals surface area contributed by atoms with Crippen molar-refractivity contribution in [3.63, 3.8) is 0 Å². The molecule has 1 rings (SSSR count). The summed E-state index contributed by atoms with van der Waals surface area (Å²) < 4.78 is 0. The number of azide groups is 1. The molecule has 6 heteroatoms. The van der Waals surface area contributed by atoms with Gasteiger partial charge in [0.1, 0.15) is 11.9 Å². The lowest BCUT2D eigenvalue weighted by Crippen LogP contribution is -2.21. The SMILES string of the molecule is Cc1cccc(O)c1C(O)C(O)CN=[N+]=[N-]. The Morgan fingerprint density at radius 1 is 1.44 bits per heavy atom. The molecule has 1 aromatic rings. The molecule has 0 heterocycles. The van der Waals surface area contributed by atoms with E-state index in [0.29, 0.717) is 5.56 Å². The van der Waals surface area contributed by atoms with Crippen LogP contribution in [0.25, 0.3) is 10.4 Å². The molecule has 0 aliphatic heterocycles. The Morgan fingerprint density at radius 2 is 2.12 bits per heavy atom. The topological polar surface area (TPSA) is 109 Å². The van der Waals surface area contributed by atoms with Gasteiger partial charge in [-0.15, -0.1) is 0 Å². The fourth-order valence-corrected chi connectivity index (χ4v) is 1.46. The Bertz CT molecular complexity index is 396. The van der Waals surface area contributed by atoms with E-state index in [0.717, 1.165) is 0 Å². The molecule has 1 aromatic carbocycles. The maximum absolute atomic E-state index is 9.78. The van der Waals surface area contributed by atoms with Crippen molar-refractivity contribution in [2.45, 2.75) is 19.1 Å². The summed E-state index contributed by atoms with van der Waals surface area (Å²) in [5, 5.41) is 32.0. The first kappa shape index (κ1) is 12.3. The smallest absolute Gasteiger partial charge is 0.121 e. The number of phenols is 1. The lowest BCUT2D eigenvalue weighted by molar-refractivity contribution is 0.0226. The predicted octanol–water partition coefficient (Wildman–Crippen LogP) is 1.41. The highest BCUT2D eigenvalue weighted by Crippen LogP contribution is 2.29. The van der Waals surface area contributed by atoms with E-state index in [1.54, 1.807) is 19.1 Å². The first-order valence-electron chi connectivity index (χ1n) is 4.73. The van der Waals surface area contributed by atoms with Crippen molar-refractivity contribution in [2.24, 2.45) is 5.11 Å². The van der Waals surface area contributed by atoms with Crippen LogP contribution in [0.15, 0.2) is 23.3 Å². The highest BCUT2D eigenvalue weighted by atomic mass is 16.3. The summed E-state index contributed by atoms with van der Waals surface area (Å²) >= 11 is 0. The van der Waals surface area contributed by atoms with Gasteiger partial charge in [-0.3, -0.25) is 0 Å². The van der Waals surface area contributed by atoms with Gasteiger partial charge in [-0.2, -0.15) is 0 Å². The van der Waals surface area contributed by atoms with Crippen molar-refractivity contribution in [3.8, 4) is 5.75 Å². The van der Waals surface area contributed by atoms with Crippen LogP contribution < -0.4 is 0 Å². The summed E-state index contributed by atoms with van der Waals surface area (Å²) in [7, 11) is 0. The first-order chi connectivity index (χ1) is 7.57. The quantitative estimate of drug-likeness (QED) is 0.407. The van der Waals surface area contributed by atoms with Gasteiger partial charge in [0.15, 0.2) is 0 Å². The summed E-state index contributed by atoms with van der Waals surface area (Å²) in [6, 6.07) is 4.77. The number of nitrogens with zero attached hydrogens (tertiary/aromatic N) is 3. The van der Waals surface area contributed by atoms with Crippen LogP contribution in [0.3, 0.4) is 0 Å². The second-order valence-corrected chi connectivity index (χ2v) is 3.43. The summed E-state index contributed by atoms with van der Waals surface area (Å²) in [5.74, 6) is -0.0903. The van der Waals surface area contributed by atoms with Gasteiger partial charge in [0.25, 0.3) is 0 Å². The zero-order valence-electron chi connectivity index (χ0n) is 8.78. The standard InChI is InChI=1S/C10H13N3O3/c1-6-3-2-4-7(14)9(6)10(16)8(15)5-12-13-11/h2-4,8,10,14-16H,5H2,1H3. The number of aryl methyl sites for hydroxylation is 1. The highest BCUT2D eigenvalue weighted by Gasteiger charge is 2.22. The van der Waals surface area contributed by atoms with Gasteiger partial charge >= 0.3 is 0 Å². The molecule has 0 aliphatic rings. The van der Waals surface area contributed by atoms with Crippen LogP contribution in [-0.2, 0) is 0 Å². The highest BCUT2D eigenvalue weighted by molar-refractivity contribution is 5.40. The Morgan fingerprint density at radius 3 is 2.69 bits per heavy atom. The molecule has 0 aromatic heterocycles. The van der Waals surface area contributed by atoms with Gasteiger partial charge < -0.3 is 15.3 Å². The number of hydrogen-bond acceptors (Lipinski definition) is 4. The third-order valence-electron chi connectivity index (χ3n) is 2.29. The van der Waals surface area contributed by atoms with Crippen molar-refractivity contribution in [3.05, 3.63) is 39.8 Å². The van der Waals surface area contributed by atoms with E-state index >= 15 is 0 Å². The maximum atomic E-state index is 9.78. The predicted molar refractivity (Wildman–Crippen MR) is 57.8 cm³/mol. The van der Waals surface area contributed by atoms with Gasteiger partial charge in [-0.25, -0.2) is 0 Å². The molecule has 2 atom stereocenters. The van der Waals surface area contributed by atoms with Crippen LogP contribution in [0.1, 0.15) is 17.2 Å². The fourth-order valence-electron chi connectivity index (χ4n) is 1.46. The van der Waals surface area contributed by atoms with E-state index in [4.69, 9.17) is 5.53 Å². The molecule has 0 radical (unpaired) electrons. The van der Waals surface area contributed by atoms with Crippen LogP contribution >= 0.6 is 0 Å². The molecular weight excluding hydrogens is 210 g/mol. The van der Waals surface area contributed by atoms with Crippen molar-refractivity contribution < 1.29 is 15.3 Å². The Balaban J connectivity index is 2.95. The molecule has 0 bridgehead atoms. The average molecular weight is 223 g/mol. The lowest BCUT2D eigenvalue weighted by atomic mass is 9.98. The Labute approximate surface area is 92.4 Å². The minimum atomic E-state index is -1.27. The van der Waals surface area contributed by atoms with Crippen LogP contribution in [-0.4, -0.2) is 28.0 Å². The van der Waals surface area contributed by atoms with E-state index in [1.165, 1.54) is 6.07 Å². The average Bonchev–Trinajstić information content (AvgIpc) is 2.25. The molecule has 86 valence electrons. The number of benzene rings is 1. The zero-order chi connectivity index (χ0) is 12.1. The molecule has 6 nitrogen and oxygen atoms in total. The molecule has 0 spiro atoms. The first-order valence-corrected chi connectivity index (χ1v) is 4.73. The zero-order valence-corrected chi connectivity index (χ0v) is 8.78. The maximum Gasteiger partial charge on any atom is 0.121 e. The molecule has 0 aliphatic carbocycles. The van der Waals surface area contributed by atoms with Crippen molar-refractivity contribution in [1.82, 2.24) is 0 Å². The molecule has 0 saturated carbocycles. The van der Waals surface area contributed by atoms with Gasteiger partial charge in [0.05, 0.1) is 12.6 Å². The van der Waals surface area contributed by atoms with Crippen LogP contribution in [0.5, 0.6) is 5.75 Å². The molecule has 0 saturated heterocycles. The molecule has 3 N–H and O–H groups in total. The van der Waals surface area contributed by atoms with Crippen LogP contribution in [0.4, 0.5) is 0 Å². The lowest BCUT2D eigenvalue weighted by Gasteiger charge is -2.19. The number of aliphatic hydroxyl groups excluding tert-OH is 2. The van der Waals surface area contributed by atoms with E-state index in [1.807, 2.05) is 0 Å². The summed E-state index contributed by atoms with van der Waals surface area (Å²) in [5.41, 5.74) is 9.01. The minimum Gasteiger partial charge on any atom is -0.508 e. The van der Waals surface area contributed by atoms with Gasteiger partial charge in [0.2, 0.25) is 0 Å². The van der Waals surface area contributed by atoms with Gasteiger partial charge in [-0.05, 0) is 24.1 Å². The molecule has 16 heavy (non-hydrogen) atoms. The van der Waals surface area contributed by atoms with Crippen molar-refractivity contribution in [2.75, 3.05) is 6.54 Å². The number of aliphatic hydroxyl groups is 2. The third-order valence-corrected chi connectivity index (χ3v) is 2.29. The number of aromatic hydroxyl groups is 1. The normalized spacial score (nSPS) is 13.9. The van der Waals surface area contributed by atoms with E-state index < -0.39 is 12.2 Å². The molecule has 0 fully saturated rings. The summed E-state index contributed by atoms with van der Waals surface area (Å²) in [4.78, 5) is 2.49. The molecule has 2 unspecified atom stereocenters. The third kappa shape index (κ3) is 2.64. The van der Waals surface area contributed by atoms with Crippen LogP contribution in [0.2, 0.25) is 0 Å². The number of phenolic OH excluding ortho intramolecular Hbond substituents is 1. The van der Waals surface area contributed by atoms with E-state index in [9.17, 15) is 15.3 Å². The Hall–Kier alpha value is -1.75. The van der Waals surface area contributed by atoms with Gasteiger partial charge in [0, 0.05) is 10.5 Å². The Kier molecular flexibility index (Phi) is 4.13. The number of hydrogen-bond donors (Lipinski definition) is 3. The minimum absolute atomic E-state index is 0.0903. The van der Waals surface area contributed by atoms with E-state index in [-0.39, 0.29) is 17.9 Å².